The van der Waals surface area contributed by atoms with Crippen LogP contribution in [0.1, 0.15) is 25.0 Å². The van der Waals surface area contributed by atoms with Crippen LogP contribution in [0.3, 0.4) is 0 Å². The molecule has 0 heterocycles. The molecular weight excluding hydrogens is 210 g/mol. The molecule has 0 aromatic heterocycles. The smallest absolute Gasteiger partial charge is 0.0685 e. The van der Waals surface area contributed by atoms with Crippen molar-refractivity contribution in [2.45, 2.75) is 33.0 Å². The van der Waals surface area contributed by atoms with Crippen LogP contribution < -0.4 is 5.32 Å². The summed E-state index contributed by atoms with van der Waals surface area (Å²) < 4.78 is 0. The second kappa shape index (κ2) is 5.30. The van der Waals surface area contributed by atoms with Gasteiger partial charge in [-0.15, -0.1) is 0 Å². The summed E-state index contributed by atoms with van der Waals surface area (Å²) in [6, 6.07) is 12.8. The zero-order valence-corrected chi connectivity index (χ0v) is 10.4. The largest absolute Gasteiger partial charge is 0.392 e. The summed E-state index contributed by atoms with van der Waals surface area (Å²) in [5.41, 5.74) is 2.22. The van der Waals surface area contributed by atoms with Gasteiger partial charge in [0.1, 0.15) is 0 Å². The van der Waals surface area contributed by atoms with Gasteiger partial charge in [0.15, 0.2) is 0 Å². The van der Waals surface area contributed by atoms with Crippen molar-refractivity contribution in [3.05, 3.63) is 47.5 Å². The molecule has 0 radical (unpaired) electrons. The third-order valence-electron chi connectivity index (χ3n) is 3.00. The molecule has 0 atom stereocenters. The van der Waals surface area contributed by atoms with Gasteiger partial charge >= 0.3 is 0 Å². The standard InChI is InChI=1S/C15H19NO/c1-11(2)16-9-15-13(10-17)8-7-12-5-3-4-6-14(12)15/h3-8,11,16-17H,9-10H2,1-2H3. The highest BCUT2D eigenvalue weighted by Crippen LogP contribution is 2.22. The Hall–Kier alpha value is -1.38. The van der Waals surface area contributed by atoms with Gasteiger partial charge in [-0.2, -0.15) is 0 Å². The van der Waals surface area contributed by atoms with Gasteiger partial charge in [-0.3, -0.25) is 0 Å². The molecule has 2 rings (SSSR count). The second-order valence-electron chi connectivity index (χ2n) is 4.62. The van der Waals surface area contributed by atoms with E-state index in [-0.39, 0.29) is 6.61 Å². The van der Waals surface area contributed by atoms with Crippen molar-refractivity contribution in [2.24, 2.45) is 0 Å². The molecule has 2 nitrogen and oxygen atoms in total. The van der Waals surface area contributed by atoms with Crippen LogP contribution in [0.4, 0.5) is 0 Å². The van der Waals surface area contributed by atoms with E-state index in [0.29, 0.717) is 6.04 Å². The maximum absolute atomic E-state index is 9.42. The summed E-state index contributed by atoms with van der Waals surface area (Å²) in [4.78, 5) is 0. The number of aliphatic hydroxyl groups is 1. The van der Waals surface area contributed by atoms with E-state index < -0.39 is 0 Å². The lowest BCUT2D eigenvalue weighted by atomic mass is 9.99. The van der Waals surface area contributed by atoms with Gasteiger partial charge in [-0.25, -0.2) is 0 Å². The van der Waals surface area contributed by atoms with Crippen molar-refractivity contribution < 1.29 is 5.11 Å². The molecule has 0 unspecified atom stereocenters. The van der Waals surface area contributed by atoms with Crippen LogP contribution in [0.25, 0.3) is 10.8 Å². The van der Waals surface area contributed by atoms with Crippen molar-refractivity contribution >= 4 is 10.8 Å². The Balaban J connectivity index is 2.47. The van der Waals surface area contributed by atoms with Crippen LogP contribution in [0, 0.1) is 0 Å². The number of aliphatic hydroxyl groups excluding tert-OH is 1. The van der Waals surface area contributed by atoms with Crippen LogP contribution >= 0.6 is 0 Å². The summed E-state index contributed by atoms with van der Waals surface area (Å²) >= 11 is 0. The van der Waals surface area contributed by atoms with Gasteiger partial charge in [0.25, 0.3) is 0 Å². The van der Waals surface area contributed by atoms with Gasteiger partial charge in [0.2, 0.25) is 0 Å². The Kier molecular flexibility index (Phi) is 3.77. The van der Waals surface area contributed by atoms with Crippen LogP contribution in [0.2, 0.25) is 0 Å². The number of rotatable bonds is 4. The van der Waals surface area contributed by atoms with E-state index >= 15 is 0 Å². The van der Waals surface area contributed by atoms with E-state index in [0.717, 1.165) is 12.1 Å². The third kappa shape index (κ3) is 2.65. The molecule has 0 aliphatic carbocycles. The molecule has 0 spiro atoms. The molecule has 0 aliphatic rings. The van der Waals surface area contributed by atoms with Gasteiger partial charge in [-0.1, -0.05) is 50.2 Å². The molecule has 90 valence electrons. The summed E-state index contributed by atoms with van der Waals surface area (Å²) in [5.74, 6) is 0. The Bertz CT molecular complexity index is 505. The van der Waals surface area contributed by atoms with E-state index in [1.54, 1.807) is 0 Å². The Morgan fingerprint density at radius 1 is 1.12 bits per heavy atom. The van der Waals surface area contributed by atoms with Crippen LogP contribution in [-0.2, 0) is 13.2 Å². The van der Waals surface area contributed by atoms with E-state index in [1.165, 1.54) is 16.3 Å². The maximum Gasteiger partial charge on any atom is 0.0685 e. The lowest BCUT2D eigenvalue weighted by molar-refractivity contribution is 0.280. The zero-order valence-electron chi connectivity index (χ0n) is 10.4. The minimum absolute atomic E-state index is 0.0972. The highest BCUT2D eigenvalue weighted by Gasteiger charge is 2.07. The molecule has 0 bridgehead atoms. The van der Waals surface area contributed by atoms with Crippen molar-refractivity contribution in [1.29, 1.82) is 0 Å². The van der Waals surface area contributed by atoms with Crippen molar-refractivity contribution in [3.63, 3.8) is 0 Å². The fourth-order valence-corrected chi connectivity index (χ4v) is 2.04. The molecule has 2 heteroatoms. The average molecular weight is 229 g/mol. The van der Waals surface area contributed by atoms with Gasteiger partial charge < -0.3 is 10.4 Å². The lowest BCUT2D eigenvalue weighted by Crippen LogP contribution is -2.22. The van der Waals surface area contributed by atoms with E-state index in [2.05, 4.69) is 37.4 Å². The molecule has 2 N–H and O–H groups in total. The van der Waals surface area contributed by atoms with Gasteiger partial charge in [0, 0.05) is 12.6 Å². The highest BCUT2D eigenvalue weighted by molar-refractivity contribution is 5.86. The zero-order chi connectivity index (χ0) is 12.3. The number of benzene rings is 2. The third-order valence-corrected chi connectivity index (χ3v) is 3.00. The number of nitrogens with one attached hydrogen (secondary N) is 1. The molecule has 0 fully saturated rings. The summed E-state index contributed by atoms with van der Waals surface area (Å²) in [5, 5.41) is 15.3. The van der Waals surface area contributed by atoms with Crippen LogP contribution in [0.15, 0.2) is 36.4 Å². The minimum atomic E-state index is 0.0972. The number of fused-ring (bicyclic) bond motifs is 1. The van der Waals surface area contributed by atoms with E-state index in [4.69, 9.17) is 0 Å². The monoisotopic (exact) mass is 229 g/mol. The fraction of sp³-hybridized carbons (Fsp3) is 0.333. The first-order chi connectivity index (χ1) is 8.22. The number of hydrogen-bond donors (Lipinski definition) is 2. The highest BCUT2D eigenvalue weighted by atomic mass is 16.3. The molecule has 2 aromatic rings. The normalized spacial score (nSPS) is 11.3. The topological polar surface area (TPSA) is 32.3 Å². The molecule has 0 saturated carbocycles. The predicted octanol–water partition coefficient (Wildman–Crippen LogP) is 2.83. The minimum Gasteiger partial charge on any atom is -0.392 e. The number of hydrogen-bond acceptors (Lipinski definition) is 2. The summed E-state index contributed by atoms with van der Waals surface area (Å²) in [6.45, 7) is 5.16. The van der Waals surface area contributed by atoms with Gasteiger partial charge in [0.05, 0.1) is 6.61 Å². The van der Waals surface area contributed by atoms with E-state index in [1.807, 2.05) is 18.2 Å². The van der Waals surface area contributed by atoms with Gasteiger partial charge in [-0.05, 0) is 21.9 Å². The lowest BCUT2D eigenvalue weighted by Gasteiger charge is -2.14. The quantitative estimate of drug-likeness (QED) is 0.845. The molecular formula is C15H19NO. The first-order valence-electron chi connectivity index (χ1n) is 6.06. The molecule has 0 saturated heterocycles. The average Bonchev–Trinajstić information content (AvgIpc) is 2.35. The SMILES string of the molecule is CC(C)NCc1c(CO)ccc2ccccc12. The predicted molar refractivity (Wildman–Crippen MR) is 71.8 cm³/mol. The Morgan fingerprint density at radius 3 is 2.59 bits per heavy atom. The molecule has 2 aromatic carbocycles. The van der Waals surface area contributed by atoms with E-state index in [9.17, 15) is 5.11 Å². The fourth-order valence-electron chi connectivity index (χ4n) is 2.04. The molecule has 0 amide bonds. The second-order valence-corrected chi connectivity index (χ2v) is 4.62. The van der Waals surface area contributed by atoms with Crippen molar-refractivity contribution in [2.75, 3.05) is 0 Å². The molecule has 17 heavy (non-hydrogen) atoms. The maximum atomic E-state index is 9.42. The van der Waals surface area contributed by atoms with Crippen molar-refractivity contribution in [3.8, 4) is 0 Å². The summed E-state index contributed by atoms with van der Waals surface area (Å²) in [6.07, 6.45) is 0. The van der Waals surface area contributed by atoms with Crippen molar-refractivity contribution in [1.82, 2.24) is 5.32 Å². The van der Waals surface area contributed by atoms with Crippen LogP contribution in [0.5, 0.6) is 0 Å². The Morgan fingerprint density at radius 2 is 1.88 bits per heavy atom. The first kappa shape index (κ1) is 12.1. The molecule has 0 aliphatic heterocycles. The summed E-state index contributed by atoms with van der Waals surface area (Å²) in [7, 11) is 0. The first-order valence-corrected chi connectivity index (χ1v) is 6.06. The van der Waals surface area contributed by atoms with Crippen LogP contribution in [-0.4, -0.2) is 11.1 Å². The Labute approximate surface area is 102 Å².